The number of aryl methyl sites for hydroxylation is 1. The Hall–Kier alpha value is -5.38. The van der Waals surface area contributed by atoms with Crippen molar-refractivity contribution in [2.75, 3.05) is 20.2 Å². The highest BCUT2D eigenvalue weighted by molar-refractivity contribution is 5.89. The Kier molecular flexibility index (Phi) is 13.8. The molecule has 76 heavy (non-hydrogen) atoms. The molecule has 0 amide bonds. The number of rotatable bonds is 12. The van der Waals surface area contributed by atoms with Crippen molar-refractivity contribution in [1.82, 2.24) is 15.6 Å². The molecule has 8 aliphatic rings. The Bertz CT molecular complexity index is 2990. The number of aromatic amines is 1. The lowest BCUT2D eigenvalue weighted by molar-refractivity contribution is -0.145. The number of piperidine rings is 1. The fourth-order valence-corrected chi connectivity index (χ4v) is 17.7. The number of aromatic hydroxyl groups is 1. The third-order valence-electron chi connectivity index (χ3n) is 21.2. The van der Waals surface area contributed by atoms with Crippen LogP contribution in [0.5, 0.6) is 11.5 Å². The zero-order valence-electron chi connectivity index (χ0n) is 44.8. The van der Waals surface area contributed by atoms with E-state index in [4.69, 9.17) is 10.5 Å². The molecule has 1 saturated heterocycles. The Morgan fingerprint density at radius 2 is 1.71 bits per heavy atom. The molecule has 402 valence electrons. The summed E-state index contributed by atoms with van der Waals surface area (Å²) >= 11 is 0. The van der Waals surface area contributed by atoms with Gasteiger partial charge in [-0.1, -0.05) is 93.5 Å². The maximum atomic E-state index is 15.1. The Morgan fingerprint density at radius 3 is 2.49 bits per heavy atom. The number of benzene rings is 3. The molecule has 2 spiro atoms. The average molecular weight is 1030 g/mol. The summed E-state index contributed by atoms with van der Waals surface area (Å²) in [5, 5.41) is 59.2. The van der Waals surface area contributed by atoms with Gasteiger partial charge in [-0.3, -0.25) is 9.59 Å². The number of carbonyl (C=O) groups excluding carboxylic acids is 2. The molecular weight excluding hydrogens is 949 g/mol. The van der Waals surface area contributed by atoms with Crippen LogP contribution in [0.1, 0.15) is 155 Å². The van der Waals surface area contributed by atoms with Crippen molar-refractivity contribution in [3.8, 4) is 23.3 Å². The highest BCUT2D eigenvalue weighted by atomic mass is 16.5. The normalized spacial score (nSPS) is 33.0. The summed E-state index contributed by atoms with van der Waals surface area (Å²) in [6, 6.07) is 20.7. The van der Waals surface area contributed by atoms with Gasteiger partial charge in [-0.15, -0.1) is 0 Å². The van der Waals surface area contributed by atoms with Crippen molar-refractivity contribution in [2.24, 2.45) is 58.0 Å². The molecule has 9 N–H and O–H groups in total. The van der Waals surface area contributed by atoms with Crippen LogP contribution in [-0.2, 0) is 16.0 Å². The van der Waals surface area contributed by atoms with Crippen molar-refractivity contribution in [2.45, 2.75) is 158 Å². The molecule has 6 aliphatic carbocycles. The number of nitrogens with one attached hydrogen (secondary N) is 3. The Labute approximate surface area is 448 Å². The van der Waals surface area contributed by atoms with Gasteiger partial charge in [-0.05, 0) is 180 Å². The number of fused-ring (bicyclic) bond motifs is 6. The molecule has 3 heterocycles. The molecule has 11 nitrogen and oxygen atoms in total. The van der Waals surface area contributed by atoms with Crippen LogP contribution in [0, 0.1) is 64.1 Å². The first-order valence-electron chi connectivity index (χ1n) is 29.1. The number of H-pyrrole nitrogens is 1. The molecule has 0 bridgehead atoms. The van der Waals surface area contributed by atoms with Gasteiger partial charge in [0.05, 0.1) is 31.2 Å². The number of hydrogen-bond donors (Lipinski definition) is 8. The summed E-state index contributed by atoms with van der Waals surface area (Å²) in [5.41, 5.74) is 11.5. The molecule has 4 aromatic rings. The fourth-order valence-electron chi connectivity index (χ4n) is 17.7. The predicted octanol–water partition coefficient (Wildman–Crippen LogP) is 9.55. The largest absolute Gasteiger partial charge is 0.504 e. The minimum Gasteiger partial charge on any atom is -0.504 e. The molecule has 5 fully saturated rings. The van der Waals surface area contributed by atoms with E-state index >= 15 is 4.79 Å². The highest BCUT2D eigenvalue weighted by Gasteiger charge is 2.65. The molecule has 0 radical (unpaired) electrons. The summed E-state index contributed by atoms with van der Waals surface area (Å²) in [7, 11) is 1.51. The molecule has 1 aromatic heterocycles. The molecular formula is C65H80N4O7. The number of carbonyl (C=O) groups is 2. The van der Waals surface area contributed by atoms with Gasteiger partial charge >= 0.3 is 0 Å². The maximum absolute atomic E-state index is 15.1. The van der Waals surface area contributed by atoms with Gasteiger partial charge in [0.2, 0.25) is 0 Å². The monoisotopic (exact) mass is 1030 g/mol. The van der Waals surface area contributed by atoms with E-state index in [0.29, 0.717) is 103 Å². The van der Waals surface area contributed by atoms with Crippen molar-refractivity contribution in [3.05, 3.63) is 118 Å². The molecule has 15 atom stereocenters. The number of phenols is 1. The molecule has 2 aliphatic heterocycles. The first-order chi connectivity index (χ1) is 36.8. The van der Waals surface area contributed by atoms with Crippen molar-refractivity contribution < 1.29 is 34.8 Å². The highest BCUT2D eigenvalue weighted by Crippen LogP contribution is 2.70. The van der Waals surface area contributed by atoms with E-state index < -0.39 is 35.6 Å². The molecule has 3 aromatic carbocycles. The van der Waals surface area contributed by atoms with Crippen LogP contribution >= 0.6 is 0 Å². The molecule has 4 saturated carbocycles. The first-order valence-corrected chi connectivity index (χ1v) is 29.1. The Balaban J connectivity index is 0.872. The Morgan fingerprint density at radius 1 is 0.895 bits per heavy atom. The lowest BCUT2D eigenvalue weighted by Crippen LogP contribution is -2.65. The van der Waals surface area contributed by atoms with E-state index in [-0.39, 0.29) is 53.6 Å². The second-order valence-corrected chi connectivity index (χ2v) is 25.3. The second kappa shape index (κ2) is 20.4. The van der Waals surface area contributed by atoms with E-state index in [9.17, 15) is 25.2 Å². The van der Waals surface area contributed by atoms with Crippen LogP contribution in [-0.4, -0.2) is 81.5 Å². The number of aliphatic hydroxyl groups is 3. The van der Waals surface area contributed by atoms with E-state index in [1.807, 2.05) is 18.2 Å². The number of phenolic OH excluding ortho intramolecular Hbond substituents is 1. The number of dihydropyridines is 1. The number of ether oxygens (including phenoxy) is 1. The summed E-state index contributed by atoms with van der Waals surface area (Å²) in [4.78, 5) is 32.0. The number of allylic oxidation sites excluding steroid dienone is 2. The zero-order valence-corrected chi connectivity index (χ0v) is 44.8. The van der Waals surface area contributed by atoms with Crippen LogP contribution in [0.3, 0.4) is 0 Å². The first kappa shape index (κ1) is 51.4. The standard InChI is InChI=1S/C65H80N4O7/c1-36(2)10-14-46(59(43-18-24-67-58(66)30-43)42-12-11-37-8-4-5-9-38(37)26-42)63(75)54(72)27-40-16-22-65(56(73)15-13-39-28-55(76-3)53(71)34-47(39)40)23-17-41(29-57(65)74)50-33-49-60-51(64(50)20-6-7-21-64)35-69-52-32-44(70)31-48(61(52)60)45-19-25-68-62(45)49/h4-5,8-9,11-12,18-19,25-26,28,30,34,36,40-41,46,48-52,54,57,59-61,63,67-69,71-72,74-75H,6-7,10,13-15,17,20-21,23-24,27,29,31-33,35,66H2,1-3H3/t40-,41+,46+,48+,49-,50-,51+,52-,54-,57+,59-,60+,61-,63+,65+/m0/s1. The van der Waals surface area contributed by atoms with E-state index in [1.165, 1.54) is 44.1 Å². The van der Waals surface area contributed by atoms with Gasteiger partial charge in [0.15, 0.2) is 17.3 Å². The molecule has 11 heteroatoms. The van der Waals surface area contributed by atoms with Gasteiger partial charge in [-0.25, -0.2) is 0 Å². The molecule has 12 rings (SSSR count). The van der Waals surface area contributed by atoms with E-state index in [1.54, 1.807) is 12.1 Å². The van der Waals surface area contributed by atoms with Crippen LogP contribution < -0.4 is 21.1 Å². The van der Waals surface area contributed by atoms with E-state index in [2.05, 4.69) is 90.0 Å². The van der Waals surface area contributed by atoms with Crippen molar-refractivity contribution in [3.63, 3.8) is 0 Å². The summed E-state index contributed by atoms with van der Waals surface area (Å²) in [6.45, 7) is 5.84. The molecule has 0 unspecified atom stereocenters. The topological polar surface area (TPSA) is 190 Å². The van der Waals surface area contributed by atoms with Gasteiger partial charge in [0.1, 0.15) is 11.2 Å². The number of hydrogen-bond acceptors (Lipinski definition) is 10. The summed E-state index contributed by atoms with van der Waals surface area (Å²) < 4.78 is 5.62. The van der Waals surface area contributed by atoms with Crippen LogP contribution in [0.15, 0.2) is 90.4 Å². The van der Waals surface area contributed by atoms with Gasteiger partial charge in [0.25, 0.3) is 0 Å². The number of aliphatic hydroxyl groups excluding tert-OH is 3. The number of ketones is 2. The van der Waals surface area contributed by atoms with Gasteiger partial charge in [0, 0.05) is 61.5 Å². The SMILES string of the molecule is COc1cc2c(cc1O)[C@H](C[C@H](O)[C@H](O)[C@H](CCC(C)C)[C@H](C1=CCNC(N)=C1)c1ccc3ccccc3c1)C#C[C@@]1(CC[C@@H]([C@@H]3C[C@@H]4c5[nH]ccc5[C@H]5CC(=O)C[C@@H]6NC[C@H]([C@@H]4[C@H]65)C34CCCC4)C[C@H]1O)C(=O)CC2. The van der Waals surface area contributed by atoms with Crippen LogP contribution in [0.25, 0.3) is 10.8 Å². The second-order valence-electron chi connectivity index (χ2n) is 25.3. The van der Waals surface area contributed by atoms with Crippen molar-refractivity contribution in [1.29, 1.82) is 0 Å². The number of nitrogens with two attached hydrogens (primary N) is 1. The summed E-state index contributed by atoms with van der Waals surface area (Å²) in [6.07, 6.45) is 13.6. The predicted molar refractivity (Wildman–Crippen MR) is 295 cm³/mol. The number of aromatic nitrogens is 1. The van der Waals surface area contributed by atoms with Crippen molar-refractivity contribution >= 4 is 22.3 Å². The minimum atomic E-state index is -1.31. The third kappa shape index (κ3) is 8.82. The maximum Gasteiger partial charge on any atom is 0.160 e. The van der Waals surface area contributed by atoms with Crippen LogP contribution in [0.2, 0.25) is 0 Å². The quantitative estimate of drug-likeness (QED) is 0.0635. The summed E-state index contributed by atoms with van der Waals surface area (Å²) in [5.74, 6) is 9.77. The minimum absolute atomic E-state index is 0.0390. The number of Topliss-reactive ketones (excluding diaryl/α,β-unsaturated/α-hetero) is 2. The third-order valence-corrected chi connectivity index (χ3v) is 21.2. The van der Waals surface area contributed by atoms with Gasteiger partial charge in [-0.2, -0.15) is 0 Å². The number of methoxy groups -OCH3 is 1. The van der Waals surface area contributed by atoms with Crippen LogP contribution in [0.4, 0.5) is 0 Å². The smallest absolute Gasteiger partial charge is 0.160 e. The van der Waals surface area contributed by atoms with E-state index in [0.717, 1.165) is 53.3 Å². The lowest BCUT2D eigenvalue weighted by atomic mass is 9.41. The lowest BCUT2D eigenvalue weighted by Gasteiger charge is -2.65. The average Bonchev–Trinajstić information content (AvgIpc) is 4.25. The van der Waals surface area contributed by atoms with Gasteiger partial charge < -0.3 is 46.5 Å². The fraction of sp³-hybridized carbons (Fsp3) is 0.569. The zero-order chi connectivity index (χ0) is 52.6.